The van der Waals surface area contributed by atoms with E-state index in [1.54, 1.807) is 23.1 Å². The molecule has 0 spiro atoms. The third-order valence-corrected chi connectivity index (χ3v) is 8.12. The summed E-state index contributed by atoms with van der Waals surface area (Å²) in [6.45, 7) is 4.69. The molecule has 4 nitrogen and oxygen atoms in total. The van der Waals surface area contributed by atoms with Crippen molar-refractivity contribution in [1.82, 2.24) is 9.55 Å². The molecule has 0 bridgehead atoms. The van der Waals surface area contributed by atoms with Crippen molar-refractivity contribution in [2.75, 3.05) is 0 Å². The molecule has 0 amide bonds. The summed E-state index contributed by atoms with van der Waals surface area (Å²) in [5.74, 6) is 0.798. The highest BCUT2D eigenvalue weighted by Gasteiger charge is 2.33. The number of ether oxygens (including phenoxy) is 1. The van der Waals surface area contributed by atoms with Gasteiger partial charge in [0.1, 0.15) is 10.3 Å². The van der Waals surface area contributed by atoms with Crippen molar-refractivity contribution in [3.63, 3.8) is 0 Å². The van der Waals surface area contributed by atoms with E-state index in [-0.39, 0.29) is 11.0 Å². The van der Waals surface area contributed by atoms with Gasteiger partial charge in [0.15, 0.2) is 5.16 Å². The minimum absolute atomic E-state index is 0.0583. The number of benzene rings is 2. The molecule has 0 N–H and O–H groups in total. The van der Waals surface area contributed by atoms with Crippen LogP contribution in [0.25, 0.3) is 16.0 Å². The zero-order valence-electron chi connectivity index (χ0n) is 17.6. The smallest absolute Gasteiger partial charge is 0.211 e. The maximum atomic E-state index is 13.5. The second kappa shape index (κ2) is 8.26. The van der Waals surface area contributed by atoms with Crippen LogP contribution in [0.4, 0.5) is 0 Å². The zero-order valence-corrected chi connectivity index (χ0v) is 19.3. The molecular weight excluding hydrogens is 424 g/mol. The fourth-order valence-corrected chi connectivity index (χ4v) is 6.07. The van der Waals surface area contributed by atoms with Crippen LogP contribution in [-0.4, -0.2) is 15.2 Å². The van der Waals surface area contributed by atoms with E-state index in [9.17, 15) is 4.79 Å². The molecule has 1 aliphatic rings. The molecule has 31 heavy (non-hydrogen) atoms. The Morgan fingerprint density at radius 1 is 1.13 bits per heavy atom. The summed E-state index contributed by atoms with van der Waals surface area (Å²) in [6.07, 6.45) is 1.53. The number of hydrogen-bond acceptors (Lipinski definition) is 5. The molecule has 0 saturated heterocycles. The number of para-hydroxylation sites is 1. The van der Waals surface area contributed by atoms with Gasteiger partial charge in [-0.05, 0) is 31.0 Å². The lowest BCUT2D eigenvalue weighted by Crippen LogP contribution is -2.37. The van der Waals surface area contributed by atoms with Crippen molar-refractivity contribution in [2.24, 2.45) is 0 Å². The summed E-state index contributed by atoms with van der Waals surface area (Å²) in [4.78, 5) is 20.3. The van der Waals surface area contributed by atoms with Crippen LogP contribution in [0.1, 0.15) is 36.3 Å². The zero-order chi connectivity index (χ0) is 21.4. The number of hydrogen-bond donors (Lipinski definition) is 0. The van der Waals surface area contributed by atoms with Gasteiger partial charge in [-0.25, -0.2) is 4.98 Å². The minimum Gasteiger partial charge on any atom is -0.369 e. The third kappa shape index (κ3) is 3.84. The van der Waals surface area contributed by atoms with E-state index < -0.39 is 0 Å². The van der Waals surface area contributed by atoms with Gasteiger partial charge in [-0.15, -0.1) is 11.3 Å². The fourth-order valence-electron chi connectivity index (χ4n) is 3.89. The summed E-state index contributed by atoms with van der Waals surface area (Å²) in [5.41, 5.74) is 3.49. The summed E-state index contributed by atoms with van der Waals surface area (Å²) in [7, 11) is 0. The Hall–Kier alpha value is -2.41. The van der Waals surface area contributed by atoms with E-state index in [4.69, 9.17) is 9.72 Å². The van der Waals surface area contributed by atoms with Gasteiger partial charge in [-0.1, -0.05) is 67.2 Å². The molecule has 0 radical (unpaired) electrons. The Balaban J connectivity index is 1.66. The number of thioether (sulfide) groups is 1. The number of imidazole rings is 1. The van der Waals surface area contributed by atoms with E-state index in [1.807, 2.05) is 36.4 Å². The summed E-state index contributed by atoms with van der Waals surface area (Å²) < 4.78 is 8.27. The highest BCUT2D eigenvalue weighted by Crippen LogP contribution is 2.36. The van der Waals surface area contributed by atoms with Gasteiger partial charge in [0.05, 0.1) is 12.2 Å². The average molecular weight is 449 g/mol. The van der Waals surface area contributed by atoms with Crippen LogP contribution in [0.5, 0.6) is 0 Å². The second-order valence-corrected chi connectivity index (χ2v) is 10.1. The third-order valence-electron chi connectivity index (χ3n) is 5.93. The summed E-state index contributed by atoms with van der Waals surface area (Å²) in [5, 5.41) is 0.847. The van der Waals surface area contributed by atoms with E-state index in [2.05, 4.69) is 42.7 Å². The first-order valence-corrected chi connectivity index (χ1v) is 12.3. The van der Waals surface area contributed by atoms with Crippen LogP contribution in [0, 0.1) is 0 Å². The van der Waals surface area contributed by atoms with Crippen molar-refractivity contribution in [2.45, 2.75) is 49.8 Å². The Kier molecular flexibility index (Phi) is 5.46. The van der Waals surface area contributed by atoms with E-state index in [0.29, 0.717) is 18.5 Å². The summed E-state index contributed by atoms with van der Waals surface area (Å²) >= 11 is 3.31. The number of aromatic nitrogens is 2. The van der Waals surface area contributed by atoms with Gasteiger partial charge < -0.3 is 4.74 Å². The molecule has 2 aromatic carbocycles. The molecule has 6 heteroatoms. The van der Waals surface area contributed by atoms with E-state index in [1.165, 1.54) is 5.56 Å². The number of fused-ring (bicyclic) bond motifs is 2. The molecule has 1 atom stereocenters. The second-order valence-electron chi connectivity index (χ2n) is 8.10. The Bertz CT molecular complexity index is 1280. The molecule has 0 aliphatic carbocycles. The van der Waals surface area contributed by atoms with Crippen molar-refractivity contribution < 1.29 is 4.74 Å². The fraction of sp³-hybridized carbons (Fsp3) is 0.280. The van der Waals surface area contributed by atoms with Crippen molar-refractivity contribution in [3.05, 3.63) is 86.9 Å². The van der Waals surface area contributed by atoms with Gasteiger partial charge in [0.25, 0.3) is 0 Å². The predicted molar refractivity (Wildman–Crippen MR) is 128 cm³/mol. The summed E-state index contributed by atoms with van der Waals surface area (Å²) in [6, 6.07) is 20.5. The van der Waals surface area contributed by atoms with Gasteiger partial charge in [-0.2, -0.15) is 0 Å². The van der Waals surface area contributed by atoms with Crippen molar-refractivity contribution in [3.8, 4) is 5.69 Å². The molecule has 5 rings (SSSR count). The lowest BCUT2D eigenvalue weighted by Gasteiger charge is -2.33. The molecule has 4 aromatic rings. The number of rotatable bonds is 5. The molecule has 2 aromatic heterocycles. The van der Waals surface area contributed by atoms with Crippen LogP contribution < -0.4 is 5.43 Å². The van der Waals surface area contributed by atoms with Crippen LogP contribution in [0.2, 0.25) is 0 Å². The van der Waals surface area contributed by atoms with Crippen molar-refractivity contribution in [1.29, 1.82) is 0 Å². The molecule has 0 fully saturated rings. The van der Waals surface area contributed by atoms with E-state index in [0.717, 1.165) is 38.3 Å². The maximum absolute atomic E-state index is 13.5. The molecule has 3 heterocycles. The van der Waals surface area contributed by atoms with Gasteiger partial charge in [-0.3, -0.25) is 9.36 Å². The Morgan fingerprint density at radius 2 is 1.84 bits per heavy atom. The van der Waals surface area contributed by atoms with Gasteiger partial charge in [0.2, 0.25) is 5.43 Å². The van der Waals surface area contributed by atoms with Crippen LogP contribution >= 0.6 is 23.1 Å². The van der Waals surface area contributed by atoms with Crippen LogP contribution in [0.15, 0.2) is 70.6 Å². The highest BCUT2D eigenvalue weighted by atomic mass is 32.2. The van der Waals surface area contributed by atoms with Gasteiger partial charge in [0, 0.05) is 28.3 Å². The standard InChI is InChI=1S/C25H24N2O2S2/c1-3-25(2)14-19-20(15-29-25)31-23-21(22(19)28)26-24(27(23)18-12-8-5-9-13-18)30-16-17-10-6-4-7-11-17/h4-13H,3,14-16H2,1-2H3. The topological polar surface area (TPSA) is 44.1 Å². The minimum atomic E-state index is -0.278. The lowest BCUT2D eigenvalue weighted by molar-refractivity contribution is -0.0550. The van der Waals surface area contributed by atoms with Gasteiger partial charge >= 0.3 is 0 Å². The molecule has 0 saturated carbocycles. The number of nitrogens with zero attached hydrogens (tertiary/aromatic N) is 2. The molecule has 1 aliphatic heterocycles. The predicted octanol–water partition coefficient (Wildman–Crippen LogP) is 5.98. The molecule has 1 unspecified atom stereocenters. The van der Waals surface area contributed by atoms with E-state index >= 15 is 0 Å². The Labute approximate surface area is 189 Å². The quantitative estimate of drug-likeness (QED) is 0.352. The normalized spacial score (nSPS) is 18.3. The van der Waals surface area contributed by atoms with Crippen LogP contribution in [-0.2, 0) is 23.5 Å². The van der Waals surface area contributed by atoms with Crippen LogP contribution in [0.3, 0.4) is 0 Å². The first-order chi connectivity index (χ1) is 15.1. The molecule has 158 valence electrons. The maximum Gasteiger partial charge on any atom is 0.211 e. The monoisotopic (exact) mass is 448 g/mol. The largest absolute Gasteiger partial charge is 0.369 e. The molecular formula is C25H24N2O2S2. The first-order valence-electron chi connectivity index (χ1n) is 10.5. The highest BCUT2D eigenvalue weighted by molar-refractivity contribution is 7.98. The average Bonchev–Trinajstić information content (AvgIpc) is 3.18. The SMILES string of the molecule is CCC1(C)Cc2c(sc3c(nc(SCc4ccccc4)n3-c3ccccc3)c2=O)CO1. The van der Waals surface area contributed by atoms with Crippen molar-refractivity contribution >= 4 is 33.4 Å². The Morgan fingerprint density at radius 3 is 2.55 bits per heavy atom. The lowest BCUT2D eigenvalue weighted by atomic mass is 9.91. The first kappa shape index (κ1) is 20.5.